The van der Waals surface area contributed by atoms with Crippen LogP contribution in [-0.4, -0.2) is 18.6 Å². The number of hydrogen-bond acceptors (Lipinski definition) is 5. The molecule has 1 heterocycles. The molecule has 5 nitrogen and oxygen atoms in total. The molecule has 120 valence electrons. The summed E-state index contributed by atoms with van der Waals surface area (Å²) in [6.45, 7) is 7.25. The van der Waals surface area contributed by atoms with Gasteiger partial charge in [0.05, 0.1) is 14.9 Å². The lowest BCUT2D eigenvalue weighted by Gasteiger charge is -2.12. The van der Waals surface area contributed by atoms with Gasteiger partial charge < -0.3 is 4.52 Å². The SMILES string of the molecule is CC(c1nc(C(C)(C)C)no1)S(=O)(=O)c1ccc(Cl)c(Cl)c1. The number of aromatic nitrogens is 2. The highest BCUT2D eigenvalue weighted by molar-refractivity contribution is 7.91. The lowest BCUT2D eigenvalue weighted by molar-refractivity contribution is 0.361. The van der Waals surface area contributed by atoms with Gasteiger partial charge in [0.2, 0.25) is 5.89 Å². The van der Waals surface area contributed by atoms with E-state index >= 15 is 0 Å². The minimum Gasteiger partial charge on any atom is -0.338 e. The van der Waals surface area contributed by atoms with E-state index in [1.807, 2.05) is 20.8 Å². The normalized spacial score (nSPS) is 14.1. The highest BCUT2D eigenvalue weighted by Crippen LogP contribution is 2.32. The fourth-order valence-corrected chi connectivity index (χ4v) is 3.37. The molecule has 0 spiro atoms. The van der Waals surface area contributed by atoms with Gasteiger partial charge in [0.1, 0.15) is 5.25 Å². The first-order valence-electron chi connectivity index (χ1n) is 6.56. The Morgan fingerprint density at radius 1 is 1.18 bits per heavy atom. The van der Waals surface area contributed by atoms with Crippen LogP contribution in [0.25, 0.3) is 0 Å². The third kappa shape index (κ3) is 3.29. The average Bonchev–Trinajstić information content (AvgIpc) is 2.90. The van der Waals surface area contributed by atoms with E-state index in [0.29, 0.717) is 10.8 Å². The maximum absolute atomic E-state index is 12.6. The van der Waals surface area contributed by atoms with Gasteiger partial charge in [0.25, 0.3) is 0 Å². The van der Waals surface area contributed by atoms with Gasteiger partial charge in [0, 0.05) is 5.41 Å². The largest absolute Gasteiger partial charge is 0.338 e. The third-order valence-electron chi connectivity index (χ3n) is 3.15. The molecule has 0 radical (unpaired) electrons. The molecule has 0 fully saturated rings. The lowest BCUT2D eigenvalue weighted by Crippen LogP contribution is -2.15. The summed E-state index contributed by atoms with van der Waals surface area (Å²) in [6, 6.07) is 4.16. The second-order valence-corrected chi connectivity index (χ2v) is 9.05. The van der Waals surface area contributed by atoms with Crippen molar-refractivity contribution in [1.29, 1.82) is 0 Å². The summed E-state index contributed by atoms with van der Waals surface area (Å²) in [5.74, 6) is 0.509. The molecule has 2 rings (SSSR count). The third-order valence-corrected chi connectivity index (χ3v) is 5.93. The molecule has 1 aromatic carbocycles. The molecule has 0 saturated carbocycles. The van der Waals surface area contributed by atoms with Crippen molar-refractivity contribution in [2.45, 2.75) is 43.3 Å². The molecule has 0 saturated heterocycles. The van der Waals surface area contributed by atoms with Crippen molar-refractivity contribution in [2.75, 3.05) is 0 Å². The molecule has 0 aliphatic carbocycles. The van der Waals surface area contributed by atoms with Crippen molar-refractivity contribution in [2.24, 2.45) is 0 Å². The smallest absolute Gasteiger partial charge is 0.245 e. The molecule has 1 atom stereocenters. The molecule has 0 bridgehead atoms. The second kappa shape index (κ2) is 5.83. The molecule has 1 aromatic heterocycles. The Kier molecular flexibility index (Phi) is 4.57. The first kappa shape index (κ1) is 17.2. The van der Waals surface area contributed by atoms with Gasteiger partial charge in [-0.3, -0.25) is 0 Å². The average molecular weight is 363 g/mol. The predicted molar refractivity (Wildman–Crippen MR) is 85.1 cm³/mol. The minimum atomic E-state index is -3.70. The summed E-state index contributed by atoms with van der Waals surface area (Å²) in [6.07, 6.45) is 0. The van der Waals surface area contributed by atoms with Gasteiger partial charge >= 0.3 is 0 Å². The van der Waals surface area contributed by atoms with E-state index in [1.165, 1.54) is 25.1 Å². The van der Waals surface area contributed by atoms with Crippen LogP contribution in [0.3, 0.4) is 0 Å². The maximum atomic E-state index is 12.6. The predicted octanol–water partition coefficient (Wildman–Crippen LogP) is 4.21. The van der Waals surface area contributed by atoms with Crippen LogP contribution >= 0.6 is 23.2 Å². The van der Waals surface area contributed by atoms with Gasteiger partial charge in [-0.05, 0) is 25.1 Å². The molecule has 0 aliphatic rings. The van der Waals surface area contributed by atoms with Crippen LogP contribution in [0.5, 0.6) is 0 Å². The van der Waals surface area contributed by atoms with Gasteiger partial charge in [-0.2, -0.15) is 4.98 Å². The molecular weight excluding hydrogens is 347 g/mol. The second-order valence-electron chi connectivity index (χ2n) is 5.97. The van der Waals surface area contributed by atoms with Gasteiger partial charge in [-0.15, -0.1) is 0 Å². The molecule has 1 unspecified atom stereocenters. The number of benzene rings is 1. The number of nitrogens with zero attached hydrogens (tertiary/aromatic N) is 2. The fraction of sp³-hybridized carbons (Fsp3) is 0.429. The number of hydrogen-bond donors (Lipinski definition) is 0. The van der Waals surface area contributed by atoms with Crippen LogP contribution in [0.2, 0.25) is 10.0 Å². The van der Waals surface area contributed by atoms with Gasteiger partial charge in [0.15, 0.2) is 15.7 Å². The summed E-state index contributed by atoms with van der Waals surface area (Å²) >= 11 is 11.7. The van der Waals surface area contributed by atoms with Crippen molar-refractivity contribution < 1.29 is 12.9 Å². The Morgan fingerprint density at radius 2 is 1.82 bits per heavy atom. The van der Waals surface area contributed by atoms with Gasteiger partial charge in [-0.1, -0.05) is 49.1 Å². The minimum absolute atomic E-state index is 0.0518. The standard InChI is InChI=1S/C14H16Cl2N2O3S/c1-8(12-17-13(18-21-12)14(2,3)4)22(19,20)9-5-6-10(15)11(16)7-9/h5-8H,1-4H3. The highest BCUT2D eigenvalue weighted by atomic mass is 35.5. The molecular formula is C14H16Cl2N2O3S. The Balaban J connectivity index is 2.40. The van der Waals surface area contributed by atoms with Crippen LogP contribution in [0.1, 0.15) is 44.7 Å². The first-order chi connectivity index (χ1) is 10.0. The van der Waals surface area contributed by atoms with Crippen LogP contribution in [0.4, 0.5) is 0 Å². The Hall–Kier alpha value is -1.11. The maximum Gasteiger partial charge on any atom is 0.245 e. The number of rotatable bonds is 3. The van der Waals surface area contributed by atoms with E-state index in [1.54, 1.807) is 0 Å². The van der Waals surface area contributed by atoms with Crippen molar-refractivity contribution in [3.63, 3.8) is 0 Å². The van der Waals surface area contributed by atoms with E-state index < -0.39 is 15.1 Å². The molecule has 0 aliphatic heterocycles. The fourth-order valence-electron chi connectivity index (χ4n) is 1.70. The molecule has 22 heavy (non-hydrogen) atoms. The van der Waals surface area contributed by atoms with Crippen LogP contribution < -0.4 is 0 Å². The number of sulfone groups is 1. The molecule has 2 aromatic rings. The summed E-state index contributed by atoms with van der Waals surface area (Å²) in [7, 11) is -3.70. The van der Waals surface area contributed by atoms with Crippen LogP contribution in [0, 0.1) is 0 Å². The van der Waals surface area contributed by atoms with Crippen molar-refractivity contribution in [3.8, 4) is 0 Å². The monoisotopic (exact) mass is 362 g/mol. The molecule has 0 N–H and O–H groups in total. The summed E-state index contributed by atoms with van der Waals surface area (Å²) in [5.41, 5.74) is -0.325. The Labute approximate surface area is 139 Å². The van der Waals surface area contributed by atoms with Crippen molar-refractivity contribution in [3.05, 3.63) is 40.0 Å². The summed E-state index contributed by atoms with van der Waals surface area (Å²) in [4.78, 5) is 4.26. The van der Waals surface area contributed by atoms with Crippen LogP contribution in [0.15, 0.2) is 27.6 Å². The number of halogens is 2. The van der Waals surface area contributed by atoms with E-state index in [4.69, 9.17) is 27.7 Å². The summed E-state index contributed by atoms with van der Waals surface area (Å²) in [5, 5.41) is 3.34. The Morgan fingerprint density at radius 3 is 2.32 bits per heavy atom. The van der Waals surface area contributed by atoms with Crippen LogP contribution in [-0.2, 0) is 15.3 Å². The zero-order chi connectivity index (χ0) is 16.7. The van der Waals surface area contributed by atoms with Gasteiger partial charge in [-0.25, -0.2) is 8.42 Å². The summed E-state index contributed by atoms with van der Waals surface area (Å²) < 4.78 is 30.4. The van der Waals surface area contributed by atoms with E-state index in [9.17, 15) is 8.42 Å². The highest BCUT2D eigenvalue weighted by Gasteiger charge is 2.32. The van der Waals surface area contributed by atoms with E-state index in [2.05, 4.69) is 10.1 Å². The zero-order valence-electron chi connectivity index (χ0n) is 12.6. The zero-order valence-corrected chi connectivity index (χ0v) is 14.9. The van der Waals surface area contributed by atoms with E-state index in [-0.39, 0.29) is 21.2 Å². The topological polar surface area (TPSA) is 73.1 Å². The van der Waals surface area contributed by atoms with E-state index in [0.717, 1.165) is 0 Å². The quantitative estimate of drug-likeness (QED) is 0.817. The van der Waals surface area contributed by atoms with Crippen molar-refractivity contribution >= 4 is 33.0 Å². The Bertz CT molecular complexity index is 795. The molecule has 0 amide bonds. The molecule has 8 heteroatoms. The van der Waals surface area contributed by atoms with Crippen molar-refractivity contribution in [1.82, 2.24) is 10.1 Å². The lowest BCUT2D eigenvalue weighted by atomic mass is 9.96. The first-order valence-corrected chi connectivity index (χ1v) is 8.86.